The molecule has 4 aromatic rings. The van der Waals surface area contributed by atoms with E-state index in [1.54, 1.807) is 60.7 Å². The molecule has 0 aliphatic heterocycles. The van der Waals surface area contributed by atoms with Gasteiger partial charge >= 0.3 is 17.8 Å². The molecule has 0 atom stereocenters. The SMILES string of the molecule is Cc1cccc(NC(=O)c2ccccc2NC(=O)C(=O)N/N=C/c2ccc(OC(=O)c3ccccc3C)cc2)c1. The summed E-state index contributed by atoms with van der Waals surface area (Å²) >= 11 is 0. The van der Waals surface area contributed by atoms with E-state index in [4.69, 9.17) is 4.74 Å². The zero-order valence-electron chi connectivity index (χ0n) is 21.8. The molecule has 0 aliphatic rings. The Bertz CT molecular complexity index is 1600. The highest BCUT2D eigenvalue weighted by Crippen LogP contribution is 2.18. The minimum absolute atomic E-state index is 0.174. The quantitative estimate of drug-likeness (QED) is 0.103. The van der Waals surface area contributed by atoms with Crippen LogP contribution in [0.1, 0.15) is 37.4 Å². The lowest BCUT2D eigenvalue weighted by atomic mass is 10.1. The molecule has 200 valence electrons. The third kappa shape index (κ3) is 7.26. The molecule has 40 heavy (non-hydrogen) atoms. The highest BCUT2D eigenvalue weighted by Gasteiger charge is 2.18. The van der Waals surface area contributed by atoms with Crippen LogP contribution in [-0.2, 0) is 9.59 Å². The monoisotopic (exact) mass is 534 g/mol. The summed E-state index contributed by atoms with van der Waals surface area (Å²) in [5, 5.41) is 9.03. The number of esters is 1. The van der Waals surface area contributed by atoms with Crippen LogP contribution in [0.3, 0.4) is 0 Å². The molecular formula is C31H26N4O5. The minimum Gasteiger partial charge on any atom is -0.423 e. The van der Waals surface area contributed by atoms with Gasteiger partial charge in [0, 0.05) is 5.69 Å². The summed E-state index contributed by atoms with van der Waals surface area (Å²) in [6, 6.07) is 27.2. The van der Waals surface area contributed by atoms with E-state index >= 15 is 0 Å². The van der Waals surface area contributed by atoms with Crippen molar-refractivity contribution in [2.75, 3.05) is 10.6 Å². The topological polar surface area (TPSA) is 126 Å². The van der Waals surface area contributed by atoms with Crippen molar-refractivity contribution in [1.82, 2.24) is 5.43 Å². The van der Waals surface area contributed by atoms with Gasteiger partial charge in [0.05, 0.1) is 23.0 Å². The van der Waals surface area contributed by atoms with Crippen molar-refractivity contribution in [2.45, 2.75) is 13.8 Å². The van der Waals surface area contributed by atoms with Gasteiger partial charge in [-0.05, 0) is 85.1 Å². The molecular weight excluding hydrogens is 508 g/mol. The van der Waals surface area contributed by atoms with Crippen molar-refractivity contribution in [3.8, 4) is 5.75 Å². The number of hydrogen-bond acceptors (Lipinski definition) is 6. The van der Waals surface area contributed by atoms with E-state index in [0.717, 1.165) is 11.1 Å². The molecule has 0 saturated heterocycles. The van der Waals surface area contributed by atoms with Gasteiger partial charge in [0.2, 0.25) is 0 Å². The van der Waals surface area contributed by atoms with Crippen LogP contribution < -0.4 is 20.8 Å². The highest BCUT2D eigenvalue weighted by atomic mass is 16.5. The second-order valence-corrected chi connectivity index (χ2v) is 8.80. The predicted molar refractivity (Wildman–Crippen MR) is 153 cm³/mol. The first-order valence-electron chi connectivity index (χ1n) is 12.3. The van der Waals surface area contributed by atoms with Crippen LogP contribution in [0.5, 0.6) is 5.75 Å². The molecule has 0 spiro atoms. The van der Waals surface area contributed by atoms with Gasteiger partial charge in [-0.3, -0.25) is 14.4 Å². The summed E-state index contributed by atoms with van der Waals surface area (Å²) < 4.78 is 5.40. The van der Waals surface area contributed by atoms with E-state index in [0.29, 0.717) is 22.6 Å². The third-order valence-electron chi connectivity index (χ3n) is 5.74. The summed E-state index contributed by atoms with van der Waals surface area (Å²) in [6.45, 7) is 3.73. The fraction of sp³-hybridized carbons (Fsp3) is 0.0645. The van der Waals surface area contributed by atoms with E-state index in [1.807, 2.05) is 44.2 Å². The number of para-hydroxylation sites is 1. The second-order valence-electron chi connectivity index (χ2n) is 8.80. The van der Waals surface area contributed by atoms with E-state index in [-0.39, 0.29) is 11.3 Å². The molecule has 0 aromatic heterocycles. The van der Waals surface area contributed by atoms with Gasteiger partial charge < -0.3 is 15.4 Å². The van der Waals surface area contributed by atoms with Crippen molar-refractivity contribution < 1.29 is 23.9 Å². The Labute approximate surface area is 230 Å². The summed E-state index contributed by atoms with van der Waals surface area (Å²) in [5.41, 5.74) is 5.98. The fourth-order valence-corrected chi connectivity index (χ4v) is 3.69. The molecule has 9 heteroatoms. The average Bonchev–Trinajstić information content (AvgIpc) is 2.94. The summed E-state index contributed by atoms with van der Waals surface area (Å²) in [4.78, 5) is 49.9. The number of rotatable bonds is 7. The van der Waals surface area contributed by atoms with Crippen molar-refractivity contribution in [3.63, 3.8) is 0 Å². The molecule has 3 N–H and O–H groups in total. The molecule has 0 fully saturated rings. The molecule has 0 bridgehead atoms. The Hall–Kier alpha value is -5.57. The third-order valence-corrected chi connectivity index (χ3v) is 5.74. The highest BCUT2D eigenvalue weighted by molar-refractivity contribution is 6.40. The lowest BCUT2D eigenvalue weighted by molar-refractivity contribution is -0.136. The summed E-state index contributed by atoms with van der Waals surface area (Å²) in [5.74, 6) is -2.57. The molecule has 3 amide bonds. The van der Waals surface area contributed by atoms with Gasteiger partial charge in [-0.2, -0.15) is 5.10 Å². The maximum absolute atomic E-state index is 12.8. The number of hydrazone groups is 1. The van der Waals surface area contributed by atoms with Crippen molar-refractivity contribution in [2.24, 2.45) is 5.10 Å². The molecule has 4 aromatic carbocycles. The van der Waals surface area contributed by atoms with Crippen LogP contribution in [0.25, 0.3) is 0 Å². The second kappa shape index (κ2) is 12.8. The van der Waals surface area contributed by atoms with E-state index in [2.05, 4.69) is 21.2 Å². The Balaban J connectivity index is 1.31. The van der Waals surface area contributed by atoms with Gasteiger partial charge in [0.15, 0.2) is 0 Å². The predicted octanol–water partition coefficient (Wildman–Crippen LogP) is 4.86. The molecule has 0 heterocycles. The standard InChI is InChI=1S/C31H26N4O5/c1-20-8-7-10-23(18-20)33-28(36)26-12-5-6-13-27(26)34-29(37)30(38)35-32-19-22-14-16-24(17-15-22)40-31(39)25-11-4-3-9-21(25)2/h3-19H,1-2H3,(H,33,36)(H,34,37)(H,35,38)/b32-19+. The normalized spacial score (nSPS) is 10.6. The number of nitrogens with zero attached hydrogens (tertiary/aromatic N) is 1. The smallest absolute Gasteiger partial charge is 0.343 e. The molecule has 0 aliphatic carbocycles. The van der Waals surface area contributed by atoms with Crippen LogP contribution >= 0.6 is 0 Å². The Morgan fingerprint density at radius 2 is 1.43 bits per heavy atom. The van der Waals surface area contributed by atoms with Gasteiger partial charge in [-0.25, -0.2) is 10.2 Å². The number of benzene rings is 4. The van der Waals surface area contributed by atoms with Gasteiger partial charge in [0.1, 0.15) is 5.75 Å². The Morgan fingerprint density at radius 1 is 0.725 bits per heavy atom. The molecule has 4 rings (SSSR count). The zero-order valence-corrected chi connectivity index (χ0v) is 21.8. The van der Waals surface area contributed by atoms with Crippen molar-refractivity contribution in [3.05, 3.63) is 125 Å². The number of carbonyl (C=O) groups is 4. The summed E-state index contributed by atoms with van der Waals surface area (Å²) in [7, 11) is 0. The number of nitrogens with one attached hydrogen (secondary N) is 3. The fourth-order valence-electron chi connectivity index (χ4n) is 3.69. The maximum Gasteiger partial charge on any atom is 0.343 e. The van der Waals surface area contributed by atoms with Gasteiger partial charge in [-0.15, -0.1) is 0 Å². The lowest BCUT2D eigenvalue weighted by Crippen LogP contribution is -2.33. The average molecular weight is 535 g/mol. The van der Waals surface area contributed by atoms with E-state index < -0.39 is 23.7 Å². The number of aryl methyl sites for hydroxylation is 2. The van der Waals surface area contributed by atoms with E-state index in [1.165, 1.54) is 12.3 Å². The largest absolute Gasteiger partial charge is 0.423 e. The first-order chi connectivity index (χ1) is 19.3. The Kier molecular flexibility index (Phi) is 8.78. The van der Waals surface area contributed by atoms with Crippen LogP contribution in [0, 0.1) is 13.8 Å². The van der Waals surface area contributed by atoms with Crippen molar-refractivity contribution in [1.29, 1.82) is 0 Å². The Morgan fingerprint density at radius 3 is 2.15 bits per heavy atom. The van der Waals surface area contributed by atoms with Gasteiger partial charge in [0.25, 0.3) is 5.91 Å². The molecule has 0 unspecified atom stereocenters. The number of hydrogen-bond donors (Lipinski definition) is 3. The maximum atomic E-state index is 12.8. The molecule has 0 radical (unpaired) electrons. The van der Waals surface area contributed by atoms with Crippen LogP contribution in [0.15, 0.2) is 102 Å². The first kappa shape index (κ1) is 27.5. The van der Waals surface area contributed by atoms with Crippen LogP contribution in [0.2, 0.25) is 0 Å². The van der Waals surface area contributed by atoms with Crippen LogP contribution in [0.4, 0.5) is 11.4 Å². The number of anilines is 2. The summed E-state index contributed by atoms with van der Waals surface area (Å²) in [6.07, 6.45) is 1.33. The lowest BCUT2D eigenvalue weighted by Gasteiger charge is -2.11. The van der Waals surface area contributed by atoms with Crippen molar-refractivity contribution >= 4 is 41.3 Å². The number of carbonyl (C=O) groups excluding carboxylic acids is 4. The first-order valence-corrected chi connectivity index (χ1v) is 12.3. The minimum atomic E-state index is -1.02. The zero-order chi connectivity index (χ0) is 28.5. The van der Waals surface area contributed by atoms with Crippen LogP contribution in [-0.4, -0.2) is 29.9 Å². The van der Waals surface area contributed by atoms with E-state index in [9.17, 15) is 19.2 Å². The number of amides is 3. The van der Waals surface area contributed by atoms with Gasteiger partial charge in [-0.1, -0.05) is 42.5 Å². The molecule has 9 nitrogen and oxygen atoms in total. The molecule has 0 saturated carbocycles. The number of ether oxygens (including phenoxy) is 1.